The van der Waals surface area contributed by atoms with Gasteiger partial charge in [-0.25, -0.2) is 4.79 Å². The van der Waals surface area contributed by atoms with Crippen molar-refractivity contribution in [3.8, 4) is 11.3 Å². The van der Waals surface area contributed by atoms with E-state index in [0.717, 1.165) is 23.1 Å². The minimum Gasteiger partial charge on any atom is -0.465 e. The summed E-state index contributed by atoms with van der Waals surface area (Å²) in [6.07, 6.45) is -4.48. The van der Waals surface area contributed by atoms with Crippen LogP contribution in [0, 0.1) is 0 Å². The largest absolute Gasteiger partial charge is 0.465 e. The lowest BCUT2D eigenvalue weighted by atomic mass is 10.0. The van der Waals surface area contributed by atoms with Crippen LogP contribution in [0.1, 0.15) is 21.5 Å². The van der Waals surface area contributed by atoms with Gasteiger partial charge in [0.25, 0.3) is 0 Å². The fourth-order valence-corrected chi connectivity index (χ4v) is 3.81. The van der Waals surface area contributed by atoms with Crippen LogP contribution in [0.2, 0.25) is 0 Å². The zero-order valence-electron chi connectivity index (χ0n) is 19.3. The van der Waals surface area contributed by atoms with E-state index in [1.807, 2.05) is 24.3 Å². The third kappa shape index (κ3) is 5.41. The Hall–Kier alpha value is -3.98. The number of methoxy groups -OCH3 is 1. The molecule has 4 rings (SSSR count). The van der Waals surface area contributed by atoms with E-state index in [0.29, 0.717) is 34.6 Å². The molecule has 35 heavy (non-hydrogen) atoms. The highest BCUT2D eigenvalue weighted by Gasteiger charge is 2.31. The van der Waals surface area contributed by atoms with Crippen molar-refractivity contribution in [2.75, 3.05) is 26.5 Å². The number of alkyl halides is 3. The molecule has 0 fully saturated rings. The first-order valence-electron chi connectivity index (χ1n) is 10.7. The molecule has 9 heteroatoms. The standard InChI is InChI=1S/C26H23F3N4O2/c1-33(2)15-16-12-19(26(27,28)29)14-20(13-16)30-24-22-7-5-4-6-21(22)23(31-32-24)17-8-10-18(11-9-17)25(34)35-3/h4-14H,15H2,1-3H3,(H,30,32). The highest BCUT2D eigenvalue weighted by Crippen LogP contribution is 2.35. The van der Waals surface area contributed by atoms with Crippen LogP contribution in [0.4, 0.5) is 24.7 Å². The summed E-state index contributed by atoms with van der Waals surface area (Å²) in [6, 6.07) is 18.0. The molecule has 4 aromatic rings. The maximum Gasteiger partial charge on any atom is 0.416 e. The minimum atomic E-state index is -4.48. The second-order valence-electron chi connectivity index (χ2n) is 8.29. The number of hydrogen-bond donors (Lipinski definition) is 1. The molecule has 0 aliphatic carbocycles. The van der Waals surface area contributed by atoms with Crippen LogP contribution in [-0.4, -0.2) is 42.3 Å². The zero-order valence-corrected chi connectivity index (χ0v) is 19.3. The maximum atomic E-state index is 13.5. The van der Waals surface area contributed by atoms with Crippen LogP contribution in [0.5, 0.6) is 0 Å². The number of benzene rings is 3. The second-order valence-corrected chi connectivity index (χ2v) is 8.29. The number of ether oxygens (including phenoxy) is 1. The Labute approximate surface area is 200 Å². The summed E-state index contributed by atoms with van der Waals surface area (Å²) >= 11 is 0. The second kappa shape index (κ2) is 9.71. The van der Waals surface area contributed by atoms with Gasteiger partial charge in [0.2, 0.25) is 0 Å². The first-order valence-corrected chi connectivity index (χ1v) is 10.7. The molecule has 0 aliphatic rings. The molecule has 0 saturated carbocycles. The van der Waals surface area contributed by atoms with Crippen molar-refractivity contribution in [1.29, 1.82) is 0 Å². The van der Waals surface area contributed by atoms with Gasteiger partial charge in [0, 0.05) is 28.6 Å². The van der Waals surface area contributed by atoms with E-state index in [9.17, 15) is 18.0 Å². The lowest BCUT2D eigenvalue weighted by Gasteiger charge is -2.16. The van der Waals surface area contributed by atoms with Crippen molar-refractivity contribution in [1.82, 2.24) is 15.1 Å². The number of carbonyl (C=O) groups is 1. The molecule has 0 atom stereocenters. The number of anilines is 2. The molecule has 0 unspecified atom stereocenters. The van der Waals surface area contributed by atoms with E-state index >= 15 is 0 Å². The summed E-state index contributed by atoms with van der Waals surface area (Å²) in [4.78, 5) is 13.5. The summed E-state index contributed by atoms with van der Waals surface area (Å²) in [5, 5.41) is 13.1. The van der Waals surface area contributed by atoms with Crippen molar-refractivity contribution in [2.45, 2.75) is 12.7 Å². The van der Waals surface area contributed by atoms with Crippen molar-refractivity contribution in [3.05, 3.63) is 83.4 Å². The van der Waals surface area contributed by atoms with Crippen LogP contribution in [0.25, 0.3) is 22.0 Å². The fourth-order valence-electron chi connectivity index (χ4n) is 3.81. The normalized spacial score (nSPS) is 11.6. The molecule has 0 aliphatic heterocycles. The summed E-state index contributed by atoms with van der Waals surface area (Å²) in [7, 11) is 4.90. The highest BCUT2D eigenvalue weighted by atomic mass is 19.4. The van der Waals surface area contributed by atoms with E-state index in [1.165, 1.54) is 7.11 Å². The third-order valence-electron chi connectivity index (χ3n) is 5.35. The molecule has 1 aromatic heterocycles. The molecule has 1 N–H and O–H groups in total. The van der Waals surface area contributed by atoms with Gasteiger partial charge in [-0.2, -0.15) is 13.2 Å². The summed E-state index contributed by atoms with van der Waals surface area (Å²) in [5.74, 6) is -0.104. The predicted octanol–water partition coefficient (Wildman–Crippen LogP) is 5.91. The molecule has 0 saturated heterocycles. The van der Waals surface area contributed by atoms with E-state index in [2.05, 4.69) is 15.5 Å². The highest BCUT2D eigenvalue weighted by molar-refractivity contribution is 6.01. The number of carbonyl (C=O) groups excluding carboxylic acids is 1. The Balaban J connectivity index is 1.75. The van der Waals surface area contributed by atoms with Gasteiger partial charge in [-0.05, 0) is 50.0 Å². The number of nitrogens with zero attached hydrogens (tertiary/aromatic N) is 3. The molecule has 0 spiro atoms. The van der Waals surface area contributed by atoms with Gasteiger partial charge in [0.15, 0.2) is 5.82 Å². The van der Waals surface area contributed by atoms with Crippen LogP contribution < -0.4 is 5.32 Å². The lowest BCUT2D eigenvalue weighted by molar-refractivity contribution is -0.137. The quantitative estimate of drug-likeness (QED) is 0.346. The van der Waals surface area contributed by atoms with E-state index < -0.39 is 17.7 Å². The van der Waals surface area contributed by atoms with Crippen molar-refractivity contribution >= 4 is 28.2 Å². The van der Waals surface area contributed by atoms with Crippen molar-refractivity contribution in [3.63, 3.8) is 0 Å². The predicted molar refractivity (Wildman–Crippen MR) is 128 cm³/mol. The monoisotopic (exact) mass is 480 g/mol. The van der Waals surface area contributed by atoms with Crippen LogP contribution >= 0.6 is 0 Å². The number of halogens is 3. The van der Waals surface area contributed by atoms with Gasteiger partial charge in [0.05, 0.1) is 18.2 Å². The van der Waals surface area contributed by atoms with Crippen LogP contribution in [0.3, 0.4) is 0 Å². The Morgan fingerprint density at radius 1 is 0.971 bits per heavy atom. The van der Waals surface area contributed by atoms with Gasteiger partial charge in [-0.15, -0.1) is 10.2 Å². The summed E-state index contributed by atoms with van der Waals surface area (Å²) < 4.78 is 45.3. The third-order valence-corrected chi connectivity index (χ3v) is 5.35. The Bertz CT molecular complexity index is 1370. The molecular weight excluding hydrogens is 457 g/mol. The average Bonchev–Trinajstić information content (AvgIpc) is 2.83. The van der Waals surface area contributed by atoms with E-state index in [4.69, 9.17) is 4.74 Å². The molecule has 0 amide bonds. The Morgan fingerprint density at radius 3 is 2.29 bits per heavy atom. The summed E-state index contributed by atoms with van der Waals surface area (Å²) in [6.45, 7) is 0.353. The zero-order chi connectivity index (χ0) is 25.2. The molecule has 180 valence electrons. The first kappa shape index (κ1) is 24.2. The van der Waals surface area contributed by atoms with Crippen LogP contribution in [0.15, 0.2) is 66.7 Å². The number of esters is 1. The fraction of sp³-hybridized carbons (Fsp3) is 0.192. The lowest BCUT2D eigenvalue weighted by Crippen LogP contribution is -2.13. The smallest absolute Gasteiger partial charge is 0.416 e. The first-order chi connectivity index (χ1) is 16.7. The Kier molecular flexibility index (Phi) is 6.70. The van der Waals surface area contributed by atoms with Crippen molar-refractivity contribution < 1.29 is 22.7 Å². The topological polar surface area (TPSA) is 67.3 Å². The molecule has 6 nitrogen and oxygen atoms in total. The molecule has 0 bridgehead atoms. The van der Waals surface area contributed by atoms with Crippen molar-refractivity contribution in [2.24, 2.45) is 0 Å². The molecule has 3 aromatic carbocycles. The number of rotatable bonds is 6. The van der Waals surface area contributed by atoms with Gasteiger partial charge >= 0.3 is 12.1 Å². The van der Waals surface area contributed by atoms with Crippen LogP contribution in [-0.2, 0) is 17.5 Å². The minimum absolute atomic E-state index is 0.270. The van der Waals surface area contributed by atoms with Gasteiger partial charge < -0.3 is 15.0 Å². The molecule has 0 radical (unpaired) electrons. The van der Waals surface area contributed by atoms with Gasteiger partial charge in [0.1, 0.15) is 5.69 Å². The maximum absolute atomic E-state index is 13.5. The van der Waals surface area contributed by atoms with E-state index in [-0.39, 0.29) is 5.69 Å². The van der Waals surface area contributed by atoms with Gasteiger partial charge in [-0.1, -0.05) is 36.4 Å². The average molecular weight is 480 g/mol. The molecular formula is C26H23F3N4O2. The molecule has 1 heterocycles. The number of hydrogen-bond acceptors (Lipinski definition) is 6. The number of aromatic nitrogens is 2. The number of fused-ring (bicyclic) bond motifs is 1. The number of nitrogens with one attached hydrogen (secondary N) is 1. The Morgan fingerprint density at radius 2 is 1.66 bits per heavy atom. The van der Waals surface area contributed by atoms with E-state index in [1.54, 1.807) is 49.3 Å². The summed E-state index contributed by atoms with van der Waals surface area (Å²) in [5.41, 5.74) is 1.78. The van der Waals surface area contributed by atoms with Gasteiger partial charge in [-0.3, -0.25) is 0 Å². The SMILES string of the molecule is COC(=O)c1ccc(-c2nnc(Nc3cc(CN(C)C)cc(C(F)(F)F)c3)c3ccccc23)cc1.